The fourth-order valence-electron chi connectivity index (χ4n) is 2.19. The van der Waals surface area contributed by atoms with Gasteiger partial charge in [0.15, 0.2) is 0 Å². The van der Waals surface area contributed by atoms with Gasteiger partial charge in [0.25, 0.3) is 0 Å². The van der Waals surface area contributed by atoms with Gasteiger partial charge in [0.1, 0.15) is 17.5 Å². The van der Waals surface area contributed by atoms with E-state index < -0.39 is 23.5 Å². The first-order chi connectivity index (χ1) is 10.0. The van der Waals surface area contributed by atoms with Crippen LogP contribution >= 0.6 is 15.9 Å². The van der Waals surface area contributed by atoms with E-state index in [9.17, 15) is 13.2 Å². The van der Waals surface area contributed by atoms with Gasteiger partial charge in [0.2, 0.25) is 0 Å². The summed E-state index contributed by atoms with van der Waals surface area (Å²) in [7, 11) is 0. The lowest BCUT2D eigenvalue weighted by Gasteiger charge is -2.21. The summed E-state index contributed by atoms with van der Waals surface area (Å²) in [6.45, 7) is 2.51. The summed E-state index contributed by atoms with van der Waals surface area (Å²) >= 11 is 3.06. The van der Waals surface area contributed by atoms with E-state index in [1.54, 1.807) is 6.07 Å². The summed E-state index contributed by atoms with van der Waals surface area (Å²) in [5.41, 5.74) is 0.390. The zero-order valence-electron chi connectivity index (χ0n) is 11.5. The van der Waals surface area contributed by atoms with Crippen molar-refractivity contribution < 1.29 is 13.2 Å². The fourth-order valence-corrected chi connectivity index (χ4v) is 2.59. The van der Waals surface area contributed by atoms with Gasteiger partial charge in [-0.1, -0.05) is 35.0 Å². The van der Waals surface area contributed by atoms with Crippen LogP contribution in [0.4, 0.5) is 13.2 Å². The Hall–Kier alpha value is -1.33. The Kier molecular flexibility index (Phi) is 5.42. The van der Waals surface area contributed by atoms with Crippen molar-refractivity contribution in [1.29, 1.82) is 0 Å². The average molecular weight is 358 g/mol. The van der Waals surface area contributed by atoms with Crippen LogP contribution < -0.4 is 5.32 Å². The van der Waals surface area contributed by atoms with Crippen LogP contribution in [0.5, 0.6) is 0 Å². The van der Waals surface area contributed by atoms with Crippen LogP contribution in [-0.2, 0) is 0 Å². The van der Waals surface area contributed by atoms with Gasteiger partial charge in [-0.25, -0.2) is 13.2 Å². The molecule has 0 aliphatic carbocycles. The lowest BCUT2D eigenvalue weighted by Crippen LogP contribution is -2.25. The van der Waals surface area contributed by atoms with Crippen LogP contribution in [0.15, 0.2) is 40.9 Å². The molecule has 0 amide bonds. The lowest BCUT2D eigenvalue weighted by molar-refractivity contribution is 0.500. The van der Waals surface area contributed by atoms with E-state index in [2.05, 4.69) is 21.2 Å². The minimum atomic E-state index is -0.728. The molecule has 0 aromatic heterocycles. The van der Waals surface area contributed by atoms with Gasteiger partial charge in [-0.05, 0) is 42.8 Å². The van der Waals surface area contributed by atoms with E-state index in [4.69, 9.17) is 0 Å². The van der Waals surface area contributed by atoms with Crippen molar-refractivity contribution in [2.24, 2.45) is 0 Å². The first kappa shape index (κ1) is 16.0. The summed E-state index contributed by atoms with van der Waals surface area (Å²) < 4.78 is 42.1. The highest BCUT2D eigenvalue weighted by Gasteiger charge is 2.22. The Morgan fingerprint density at radius 2 is 1.76 bits per heavy atom. The third-order valence-electron chi connectivity index (χ3n) is 3.11. The second-order valence-corrected chi connectivity index (χ2v) is 5.64. The summed E-state index contributed by atoms with van der Waals surface area (Å²) in [5, 5.41) is 3.07. The minimum Gasteiger partial charge on any atom is -0.306 e. The standard InChI is InChI=1S/C16H15BrF3N/c1-2-6-21-16(10-4-3-5-12(18)7-10)15-13(19)8-11(17)9-14(15)20/h3-5,7-9,16,21H,2,6H2,1H3. The normalized spacial score (nSPS) is 12.4. The van der Waals surface area contributed by atoms with Crippen molar-refractivity contribution in [3.05, 3.63) is 69.4 Å². The molecule has 0 spiro atoms. The van der Waals surface area contributed by atoms with Gasteiger partial charge >= 0.3 is 0 Å². The van der Waals surface area contributed by atoms with Crippen molar-refractivity contribution in [2.75, 3.05) is 6.54 Å². The largest absolute Gasteiger partial charge is 0.306 e. The first-order valence-electron chi connectivity index (χ1n) is 6.66. The quantitative estimate of drug-likeness (QED) is 0.797. The zero-order valence-corrected chi connectivity index (χ0v) is 13.1. The smallest absolute Gasteiger partial charge is 0.132 e. The lowest BCUT2D eigenvalue weighted by atomic mass is 9.97. The highest BCUT2D eigenvalue weighted by molar-refractivity contribution is 9.10. The van der Waals surface area contributed by atoms with E-state index in [0.29, 0.717) is 16.6 Å². The SMILES string of the molecule is CCCNC(c1cccc(F)c1)c1c(F)cc(Br)cc1F. The number of halogens is 4. The van der Waals surface area contributed by atoms with Gasteiger partial charge in [0, 0.05) is 10.0 Å². The molecule has 0 aliphatic heterocycles. The second-order valence-electron chi connectivity index (χ2n) is 4.73. The molecule has 0 bridgehead atoms. The molecular weight excluding hydrogens is 343 g/mol. The van der Waals surface area contributed by atoms with Gasteiger partial charge in [-0.2, -0.15) is 0 Å². The molecule has 0 saturated heterocycles. The third-order valence-corrected chi connectivity index (χ3v) is 3.57. The highest BCUT2D eigenvalue weighted by Crippen LogP contribution is 2.29. The van der Waals surface area contributed by atoms with Crippen molar-refractivity contribution in [3.63, 3.8) is 0 Å². The van der Waals surface area contributed by atoms with Crippen molar-refractivity contribution in [2.45, 2.75) is 19.4 Å². The molecular formula is C16H15BrF3N. The molecule has 0 heterocycles. The molecule has 1 N–H and O–H groups in total. The van der Waals surface area contributed by atoms with E-state index in [1.807, 2.05) is 6.92 Å². The molecule has 2 aromatic rings. The Labute approximate surface area is 130 Å². The maximum Gasteiger partial charge on any atom is 0.132 e. The fraction of sp³-hybridized carbons (Fsp3) is 0.250. The topological polar surface area (TPSA) is 12.0 Å². The van der Waals surface area contributed by atoms with Crippen LogP contribution in [0.1, 0.15) is 30.5 Å². The minimum absolute atomic E-state index is 0.0998. The summed E-state index contributed by atoms with van der Waals surface area (Å²) in [6, 6.07) is 7.45. The molecule has 0 fully saturated rings. The van der Waals surface area contributed by atoms with E-state index in [1.165, 1.54) is 30.3 Å². The average Bonchev–Trinajstić information content (AvgIpc) is 2.41. The van der Waals surface area contributed by atoms with Gasteiger partial charge < -0.3 is 5.32 Å². The van der Waals surface area contributed by atoms with E-state index >= 15 is 0 Å². The van der Waals surface area contributed by atoms with Crippen LogP contribution in [-0.4, -0.2) is 6.54 Å². The van der Waals surface area contributed by atoms with Crippen LogP contribution in [0.2, 0.25) is 0 Å². The zero-order chi connectivity index (χ0) is 15.4. The number of hydrogen-bond acceptors (Lipinski definition) is 1. The number of benzene rings is 2. The summed E-state index contributed by atoms with van der Waals surface area (Å²) in [4.78, 5) is 0. The van der Waals surface area contributed by atoms with Gasteiger partial charge in [0.05, 0.1) is 6.04 Å². The predicted octanol–water partition coefficient (Wildman–Crippen LogP) is 4.96. The van der Waals surface area contributed by atoms with Gasteiger partial charge in [-0.3, -0.25) is 0 Å². The monoisotopic (exact) mass is 357 g/mol. The molecule has 112 valence electrons. The molecule has 2 aromatic carbocycles. The first-order valence-corrected chi connectivity index (χ1v) is 7.45. The molecule has 1 nitrogen and oxygen atoms in total. The van der Waals surface area contributed by atoms with Crippen LogP contribution in [0.3, 0.4) is 0 Å². The second kappa shape index (κ2) is 7.09. The summed E-state index contributed by atoms with van der Waals surface area (Å²) in [6.07, 6.45) is 0.797. The van der Waals surface area contributed by atoms with Crippen molar-refractivity contribution in [3.8, 4) is 0 Å². The van der Waals surface area contributed by atoms with Crippen molar-refractivity contribution >= 4 is 15.9 Å². The van der Waals surface area contributed by atoms with Crippen LogP contribution in [0, 0.1) is 17.5 Å². The number of hydrogen-bond donors (Lipinski definition) is 1. The van der Waals surface area contributed by atoms with Gasteiger partial charge in [-0.15, -0.1) is 0 Å². The van der Waals surface area contributed by atoms with E-state index in [0.717, 1.165) is 6.42 Å². The number of rotatable bonds is 5. The predicted molar refractivity (Wildman–Crippen MR) is 80.6 cm³/mol. The maximum absolute atomic E-state index is 14.2. The van der Waals surface area contributed by atoms with E-state index in [-0.39, 0.29) is 5.56 Å². The molecule has 2 rings (SSSR count). The summed E-state index contributed by atoms with van der Waals surface area (Å²) in [5.74, 6) is -1.77. The third kappa shape index (κ3) is 3.86. The Morgan fingerprint density at radius 3 is 2.33 bits per heavy atom. The molecule has 5 heteroatoms. The Bertz CT molecular complexity index is 608. The maximum atomic E-state index is 14.2. The van der Waals surface area contributed by atoms with Crippen LogP contribution in [0.25, 0.3) is 0 Å². The highest BCUT2D eigenvalue weighted by atomic mass is 79.9. The Morgan fingerprint density at radius 1 is 1.10 bits per heavy atom. The number of nitrogens with one attached hydrogen (secondary N) is 1. The molecule has 1 atom stereocenters. The molecule has 21 heavy (non-hydrogen) atoms. The molecule has 0 radical (unpaired) electrons. The molecule has 1 unspecified atom stereocenters. The molecule has 0 aliphatic rings. The Balaban J connectivity index is 2.50. The van der Waals surface area contributed by atoms with Crippen molar-refractivity contribution in [1.82, 2.24) is 5.32 Å². The molecule has 0 saturated carbocycles.